The van der Waals surface area contributed by atoms with Gasteiger partial charge in [0.2, 0.25) is 0 Å². The van der Waals surface area contributed by atoms with E-state index in [1.807, 2.05) is 6.92 Å². The number of fused-ring (bicyclic) bond motifs is 1. The smallest absolute Gasteiger partial charge is 0.0809 e. The minimum atomic E-state index is -0.618. The van der Waals surface area contributed by atoms with Crippen molar-refractivity contribution in [3.8, 4) is 0 Å². The largest absolute Gasteiger partial charge is 0.389 e. The van der Waals surface area contributed by atoms with Gasteiger partial charge in [-0.25, -0.2) is 0 Å². The van der Waals surface area contributed by atoms with E-state index < -0.39 is 17.8 Å². The van der Waals surface area contributed by atoms with E-state index in [0.29, 0.717) is 35.7 Å². The number of rotatable bonds is 4. The fourth-order valence-corrected chi connectivity index (χ4v) is 7.65. The van der Waals surface area contributed by atoms with Crippen molar-refractivity contribution in [2.45, 2.75) is 96.4 Å². The second kappa shape index (κ2) is 9.37. The van der Waals surface area contributed by atoms with Crippen LogP contribution in [0.25, 0.3) is 0 Å². The molecule has 1 saturated heterocycles. The average molecular weight is 444 g/mol. The van der Waals surface area contributed by atoms with Gasteiger partial charge in [-0.3, -0.25) is 0 Å². The number of likely N-dealkylation sites (tertiary alicyclic amines) is 1. The molecule has 4 rings (SSSR count). The molecule has 0 aromatic rings. The molecule has 1 heterocycles. The zero-order valence-corrected chi connectivity index (χ0v) is 20.5. The Labute approximate surface area is 195 Å². The van der Waals surface area contributed by atoms with Crippen LogP contribution < -0.4 is 0 Å². The molecule has 3 aliphatic carbocycles. The number of hydrogen-bond acceptors (Lipinski definition) is 4. The summed E-state index contributed by atoms with van der Waals surface area (Å²) in [6, 6.07) is 0. The maximum absolute atomic E-state index is 10.5. The normalized spacial score (nSPS) is 43.4. The highest BCUT2D eigenvalue weighted by atomic mass is 16.3. The van der Waals surface area contributed by atoms with Gasteiger partial charge < -0.3 is 20.2 Å². The van der Waals surface area contributed by atoms with E-state index in [1.54, 1.807) is 5.57 Å². The molecular weight excluding hydrogens is 398 g/mol. The van der Waals surface area contributed by atoms with E-state index in [1.165, 1.54) is 32.1 Å². The molecule has 4 heteroatoms. The molecule has 0 bridgehead atoms. The highest BCUT2D eigenvalue weighted by Crippen LogP contribution is 2.59. The number of piperidine rings is 1. The molecule has 3 saturated carbocycles. The Kier molecular flexibility index (Phi) is 7.08. The van der Waals surface area contributed by atoms with Crippen LogP contribution in [0.15, 0.2) is 35.5 Å². The van der Waals surface area contributed by atoms with Gasteiger partial charge >= 0.3 is 0 Å². The van der Waals surface area contributed by atoms with E-state index in [2.05, 4.69) is 37.5 Å². The summed E-state index contributed by atoms with van der Waals surface area (Å²) in [5.74, 6) is 2.03. The van der Waals surface area contributed by atoms with E-state index in [4.69, 9.17) is 0 Å². The summed E-state index contributed by atoms with van der Waals surface area (Å²) in [7, 11) is 0. The van der Waals surface area contributed by atoms with Crippen LogP contribution in [0.4, 0.5) is 0 Å². The first-order chi connectivity index (χ1) is 15.1. The van der Waals surface area contributed by atoms with Crippen LogP contribution >= 0.6 is 0 Å². The SMILES string of the molecule is C=C1[C@H](O)CC(=CC=C2CCC[C@]3(C)[C@@H](C(C)CN4CCCC(C)(O)C4)CC[C@@H]23)C[C@H]1O. The fourth-order valence-electron chi connectivity index (χ4n) is 7.65. The summed E-state index contributed by atoms with van der Waals surface area (Å²) < 4.78 is 0. The lowest BCUT2D eigenvalue weighted by Gasteiger charge is -2.46. The van der Waals surface area contributed by atoms with E-state index in [9.17, 15) is 15.3 Å². The minimum Gasteiger partial charge on any atom is -0.389 e. The Balaban J connectivity index is 1.44. The van der Waals surface area contributed by atoms with Crippen LogP contribution in [-0.4, -0.2) is 57.7 Å². The molecule has 0 aromatic carbocycles. The van der Waals surface area contributed by atoms with Gasteiger partial charge in [0.25, 0.3) is 0 Å². The van der Waals surface area contributed by atoms with Crippen molar-refractivity contribution in [3.05, 3.63) is 35.5 Å². The third-order valence-corrected chi connectivity index (χ3v) is 9.33. The molecule has 3 N–H and O–H groups in total. The molecule has 0 aromatic heterocycles. The van der Waals surface area contributed by atoms with Crippen LogP contribution in [0.5, 0.6) is 0 Å². The summed E-state index contributed by atoms with van der Waals surface area (Å²) in [6.45, 7) is 13.8. The summed E-state index contributed by atoms with van der Waals surface area (Å²) in [6.07, 6.45) is 12.8. The van der Waals surface area contributed by atoms with Crippen molar-refractivity contribution in [3.63, 3.8) is 0 Å². The van der Waals surface area contributed by atoms with Crippen molar-refractivity contribution in [2.75, 3.05) is 19.6 Å². The first kappa shape index (κ1) is 24.2. The first-order valence-electron chi connectivity index (χ1n) is 13.0. The molecule has 2 unspecified atom stereocenters. The van der Waals surface area contributed by atoms with Gasteiger partial charge in [-0.2, -0.15) is 0 Å². The molecule has 7 atom stereocenters. The highest BCUT2D eigenvalue weighted by Gasteiger charge is 2.51. The number of allylic oxidation sites excluding steroid dienone is 3. The summed E-state index contributed by atoms with van der Waals surface area (Å²) in [4.78, 5) is 2.50. The first-order valence-corrected chi connectivity index (χ1v) is 13.0. The maximum atomic E-state index is 10.5. The number of hydrogen-bond donors (Lipinski definition) is 3. The van der Waals surface area contributed by atoms with Crippen molar-refractivity contribution < 1.29 is 15.3 Å². The van der Waals surface area contributed by atoms with Gasteiger partial charge in [-0.05, 0) is 100.0 Å². The molecule has 0 spiro atoms. The van der Waals surface area contributed by atoms with Gasteiger partial charge in [0.15, 0.2) is 0 Å². The van der Waals surface area contributed by atoms with Crippen molar-refractivity contribution in [1.82, 2.24) is 4.90 Å². The molecule has 4 aliphatic rings. The predicted molar refractivity (Wildman–Crippen MR) is 130 cm³/mol. The standard InChI is InChI=1S/C28H45NO3/c1-19(17-29-14-6-12-27(3,32)18-29)23-10-11-24-22(7-5-13-28(23,24)4)9-8-21-15-25(30)20(2)26(31)16-21/h8-9,19,23-26,30-32H,2,5-7,10-18H2,1,3-4H3/t19?,23-,24+,25-,26-,27?,28-/m1/s1. The molecule has 180 valence electrons. The Morgan fingerprint density at radius 1 is 1.09 bits per heavy atom. The molecule has 32 heavy (non-hydrogen) atoms. The lowest BCUT2D eigenvalue weighted by Crippen LogP contribution is -2.48. The zero-order valence-electron chi connectivity index (χ0n) is 20.5. The molecule has 4 nitrogen and oxygen atoms in total. The van der Waals surface area contributed by atoms with Crippen molar-refractivity contribution >= 4 is 0 Å². The topological polar surface area (TPSA) is 63.9 Å². The second-order valence-electron chi connectivity index (χ2n) is 12.0. The van der Waals surface area contributed by atoms with Crippen LogP contribution in [0, 0.1) is 23.2 Å². The third-order valence-electron chi connectivity index (χ3n) is 9.33. The van der Waals surface area contributed by atoms with Crippen LogP contribution in [0.1, 0.15) is 78.6 Å². The van der Waals surface area contributed by atoms with Crippen molar-refractivity contribution in [1.29, 1.82) is 0 Å². The van der Waals surface area contributed by atoms with Gasteiger partial charge in [0.1, 0.15) is 0 Å². The van der Waals surface area contributed by atoms with E-state index >= 15 is 0 Å². The lowest BCUT2D eigenvalue weighted by atomic mass is 9.61. The fraction of sp³-hybridized carbons (Fsp3) is 0.786. The van der Waals surface area contributed by atoms with Crippen LogP contribution in [0.2, 0.25) is 0 Å². The number of nitrogens with zero attached hydrogens (tertiary/aromatic N) is 1. The Bertz CT molecular complexity index is 753. The van der Waals surface area contributed by atoms with Crippen LogP contribution in [0.3, 0.4) is 0 Å². The maximum Gasteiger partial charge on any atom is 0.0809 e. The molecule has 0 radical (unpaired) electrons. The van der Waals surface area contributed by atoms with E-state index in [0.717, 1.165) is 44.0 Å². The quantitative estimate of drug-likeness (QED) is 0.555. The molecule has 0 amide bonds. The molecular formula is C28H45NO3. The van der Waals surface area contributed by atoms with Gasteiger partial charge in [-0.15, -0.1) is 0 Å². The van der Waals surface area contributed by atoms with Gasteiger partial charge in [-0.1, -0.05) is 43.7 Å². The number of β-amino-alcohol motifs (C(OH)–C–C–N with tert-alkyl or cyclic N) is 1. The Morgan fingerprint density at radius 3 is 2.50 bits per heavy atom. The van der Waals surface area contributed by atoms with Crippen molar-refractivity contribution in [2.24, 2.45) is 23.2 Å². The van der Waals surface area contributed by atoms with Gasteiger partial charge in [0.05, 0.1) is 17.8 Å². The monoisotopic (exact) mass is 443 g/mol. The number of aliphatic hydroxyl groups is 3. The highest BCUT2D eigenvalue weighted by molar-refractivity contribution is 5.29. The van der Waals surface area contributed by atoms with E-state index in [-0.39, 0.29) is 0 Å². The third kappa shape index (κ3) is 4.94. The summed E-state index contributed by atoms with van der Waals surface area (Å²) in [5.41, 5.74) is 3.11. The lowest BCUT2D eigenvalue weighted by molar-refractivity contribution is -0.0262. The second-order valence-corrected chi connectivity index (χ2v) is 12.0. The Hall–Kier alpha value is -0.940. The zero-order chi connectivity index (χ0) is 23.1. The predicted octanol–water partition coefficient (Wildman–Crippen LogP) is 4.61. The minimum absolute atomic E-state index is 0.361. The number of aliphatic hydroxyl groups excluding tert-OH is 2. The Morgan fingerprint density at radius 2 is 1.81 bits per heavy atom. The summed E-state index contributed by atoms with van der Waals surface area (Å²) in [5, 5.41) is 30.9. The van der Waals surface area contributed by atoms with Gasteiger partial charge in [0, 0.05) is 13.1 Å². The molecule has 4 fully saturated rings. The van der Waals surface area contributed by atoms with Crippen LogP contribution in [-0.2, 0) is 0 Å². The summed E-state index contributed by atoms with van der Waals surface area (Å²) >= 11 is 0. The molecule has 1 aliphatic heterocycles. The average Bonchev–Trinajstić information content (AvgIpc) is 3.07.